The summed E-state index contributed by atoms with van der Waals surface area (Å²) in [5.41, 5.74) is 0. The maximum absolute atomic E-state index is 7.79. The van der Waals surface area contributed by atoms with Crippen molar-refractivity contribution in [2.45, 2.75) is 0 Å². The molecule has 0 radical (unpaired) electrons. The summed E-state index contributed by atoms with van der Waals surface area (Å²) in [6.45, 7) is 0. The molecule has 0 aromatic heterocycles. The molecule has 0 heterocycles. The molecule has 0 aliphatic carbocycles. The van der Waals surface area contributed by atoms with Gasteiger partial charge in [-0.3, -0.25) is 5.41 Å². The van der Waals surface area contributed by atoms with E-state index in [0.717, 1.165) is 0 Å². The van der Waals surface area contributed by atoms with Gasteiger partial charge in [-0.25, -0.2) is 5.32 Å². The molecule has 0 saturated heterocycles. The Labute approximate surface area is 41.2 Å². The van der Waals surface area contributed by atoms with Gasteiger partial charge in [0.1, 0.15) is 0 Å². The first-order valence-electron chi connectivity index (χ1n) is 1.59. The highest BCUT2D eigenvalue weighted by molar-refractivity contribution is 5.71. The lowest BCUT2D eigenvalue weighted by Crippen LogP contribution is -2.17. The molecule has 0 spiro atoms. The Morgan fingerprint density at radius 2 is 2.57 bits per heavy atom. The molecule has 2 N–H and O–H groups in total. The predicted octanol–water partition coefficient (Wildman–Crippen LogP) is -0.362. The first kappa shape index (κ1) is 5.76. The Balaban J connectivity index is 3.23. The zero-order valence-electron chi connectivity index (χ0n) is 3.86. The van der Waals surface area contributed by atoms with Crippen LogP contribution >= 0.6 is 0 Å². The zero-order chi connectivity index (χ0) is 5.70. The Kier molecular flexibility index (Phi) is 2.44. The number of hydrogen-bond donors (Lipinski definition) is 2. The molecular weight excluding hydrogens is 94.1 g/mol. The van der Waals surface area contributed by atoms with Crippen LogP contribution in [0.25, 0.3) is 0 Å². The van der Waals surface area contributed by atoms with Gasteiger partial charge in [0, 0.05) is 0 Å². The summed E-state index contributed by atoms with van der Waals surface area (Å²) in [5, 5.41) is 16.3. The summed E-state index contributed by atoms with van der Waals surface area (Å²) in [6.07, 6.45) is 1.52. The minimum absolute atomic E-state index is 0.234. The van der Waals surface area contributed by atoms with Gasteiger partial charge in [0.25, 0.3) is 6.02 Å². The van der Waals surface area contributed by atoms with E-state index < -0.39 is 0 Å². The fourth-order valence-corrected chi connectivity index (χ4v) is 0.102. The van der Waals surface area contributed by atoms with Crippen LogP contribution in [0.2, 0.25) is 0 Å². The van der Waals surface area contributed by atoms with E-state index >= 15 is 0 Å². The summed E-state index contributed by atoms with van der Waals surface area (Å²) >= 11 is 0. The van der Waals surface area contributed by atoms with Crippen LogP contribution in [0.3, 0.4) is 0 Å². The van der Waals surface area contributed by atoms with Crippen LogP contribution in [0.5, 0.6) is 0 Å². The molecule has 0 unspecified atom stereocenters. The van der Waals surface area contributed by atoms with Crippen molar-refractivity contribution >= 4 is 6.02 Å². The maximum atomic E-state index is 7.79. The number of amidine groups is 1. The SMILES string of the molecule is COC(=N)NC#N. The Hall–Kier alpha value is -1.24. The third-order valence-electron chi connectivity index (χ3n) is 0.374. The number of nitrogens with one attached hydrogen (secondary N) is 2. The van der Waals surface area contributed by atoms with Crippen LogP contribution in [-0.4, -0.2) is 13.1 Å². The third-order valence-corrected chi connectivity index (χ3v) is 0.374. The van der Waals surface area contributed by atoms with Crippen molar-refractivity contribution in [3.05, 3.63) is 0 Å². The average Bonchev–Trinajstić information content (AvgIpc) is 1.68. The molecule has 0 rings (SSSR count). The second-order valence-corrected chi connectivity index (χ2v) is 0.770. The van der Waals surface area contributed by atoms with Gasteiger partial charge < -0.3 is 4.74 Å². The van der Waals surface area contributed by atoms with Crippen molar-refractivity contribution in [1.82, 2.24) is 5.32 Å². The van der Waals surface area contributed by atoms with Gasteiger partial charge in [-0.05, 0) is 0 Å². The molecule has 0 atom stereocenters. The van der Waals surface area contributed by atoms with Gasteiger partial charge in [0.15, 0.2) is 6.19 Å². The molecule has 4 heteroatoms. The summed E-state index contributed by atoms with van der Waals surface area (Å²) in [6, 6.07) is -0.234. The van der Waals surface area contributed by atoms with Crippen molar-refractivity contribution in [3.63, 3.8) is 0 Å². The summed E-state index contributed by atoms with van der Waals surface area (Å²) < 4.78 is 4.24. The number of methoxy groups -OCH3 is 1. The highest BCUT2D eigenvalue weighted by Crippen LogP contribution is 1.60. The lowest BCUT2D eigenvalue weighted by molar-refractivity contribution is 0.384. The van der Waals surface area contributed by atoms with E-state index in [0.29, 0.717) is 0 Å². The van der Waals surface area contributed by atoms with Crippen molar-refractivity contribution in [3.8, 4) is 6.19 Å². The van der Waals surface area contributed by atoms with E-state index in [1.54, 1.807) is 0 Å². The van der Waals surface area contributed by atoms with Gasteiger partial charge in [-0.2, -0.15) is 5.26 Å². The first-order chi connectivity index (χ1) is 3.31. The quantitative estimate of drug-likeness (QED) is 0.188. The molecule has 38 valence electrons. The van der Waals surface area contributed by atoms with Crippen molar-refractivity contribution in [2.24, 2.45) is 0 Å². The lowest BCUT2D eigenvalue weighted by atomic mass is 11.0. The number of nitrogens with zero attached hydrogens (tertiary/aromatic N) is 1. The zero-order valence-corrected chi connectivity index (χ0v) is 3.86. The summed E-state index contributed by atoms with van der Waals surface area (Å²) in [7, 11) is 1.31. The molecule has 0 aromatic carbocycles. The second kappa shape index (κ2) is 2.97. The highest BCUT2D eigenvalue weighted by atomic mass is 16.5. The lowest BCUT2D eigenvalue weighted by Gasteiger charge is -1.92. The topological polar surface area (TPSA) is 68.9 Å². The second-order valence-electron chi connectivity index (χ2n) is 0.770. The standard InChI is InChI=1S/C3H5N3O/c1-7-3(5)6-2-4/h1H3,(H2,5,6). The number of ether oxygens (including phenoxy) is 1. The molecule has 0 saturated carbocycles. The fourth-order valence-electron chi connectivity index (χ4n) is 0.102. The molecular formula is C3H5N3O. The Morgan fingerprint density at radius 3 is 2.71 bits per heavy atom. The number of hydrogen-bond acceptors (Lipinski definition) is 3. The predicted molar refractivity (Wildman–Crippen MR) is 23.5 cm³/mol. The molecule has 7 heavy (non-hydrogen) atoms. The van der Waals surface area contributed by atoms with Gasteiger partial charge >= 0.3 is 0 Å². The van der Waals surface area contributed by atoms with E-state index in [2.05, 4.69) is 4.74 Å². The normalized spacial score (nSPS) is 6.29. The largest absolute Gasteiger partial charge is 0.468 e. The van der Waals surface area contributed by atoms with E-state index in [-0.39, 0.29) is 6.02 Å². The van der Waals surface area contributed by atoms with Crippen LogP contribution in [0.4, 0.5) is 0 Å². The van der Waals surface area contributed by atoms with Crippen LogP contribution < -0.4 is 5.32 Å². The number of nitriles is 1. The maximum Gasteiger partial charge on any atom is 0.294 e. The molecule has 0 aliphatic heterocycles. The highest BCUT2D eigenvalue weighted by Gasteiger charge is 1.83. The van der Waals surface area contributed by atoms with Crippen LogP contribution in [-0.2, 0) is 4.74 Å². The van der Waals surface area contributed by atoms with Crippen molar-refractivity contribution < 1.29 is 4.74 Å². The molecule has 0 amide bonds. The van der Waals surface area contributed by atoms with Crippen LogP contribution in [0, 0.1) is 16.9 Å². The summed E-state index contributed by atoms with van der Waals surface area (Å²) in [4.78, 5) is 0. The first-order valence-corrected chi connectivity index (χ1v) is 1.59. The van der Waals surface area contributed by atoms with Gasteiger partial charge in [0.2, 0.25) is 0 Å². The molecule has 0 fully saturated rings. The average molecular weight is 99.1 g/mol. The smallest absolute Gasteiger partial charge is 0.294 e. The molecule has 4 nitrogen and oxygen atoms in total. The molecule has 0 aromatic rings. The molecule has 0 bridgehead atoms. The van der Waals surface area contributed by atoms with Crippen LogP contribution in [0.1, 0.15) is 0 Å². The van der Waals surface area contributed by atoms with E-state index in [1.807, 2.05) is 5.32 Å². The number of rotatable bonds is 0. The van der Waals surface area contributed by atoms with Gasteiger partial charge in [-0.1, -0.05) is 0 Å². The molecule has 0 aliphatic rings. The Morgan fingerprint density at radius 1 is 2.00 bits per heavy atom. The minimum atomic E-state index is -0.234. The van der Waals surface area contributed by atoms with Gasteiger partial charge in [-0.15, -0.1) is 0 Å². The Bertz CT molecular complexity index is 103. The van der Waals surface area contributed by atoms with E-state index in [4.69, 9.17) is 10.7 Å². The van der Waals surface area contributed by atoms with Gasteiger partial charge in [0.05, 0.1) is 7.11 Å². The summed E-state index contributed by atoms with van der Waals surface area (Å²) in [5.74, 6) is 0. The van der Waals surface area contributed by atoms with Crippen molar-refractivity contribution in [1.29, 1.82) is 10.7 Å². The monoisotopic (exact) mass is 99.0 g/mol. The fraction of sp³-hybridized carbons (Fsp3) is 0.333. The van der Waals surface area contributed by atoms with Crippen LogP contribution in [0.15, 0.2) is 0 Å². The minimum Gasteiger partial charge on any atom is -0.468 e. The van der Waals surface area contributed by atoms with E-state index in [1.165, 1.54) is 13.3 Å². The third kappa shape index (κ3) is 2.56. The van der Waals surface area contributed by atoms with E-state index in [9.17, 15) is 0 Å². The van der Waals surface area contributed by atoms with Crippen molar-refractivity contribution in [2.75, 3.05) is 7.11 Å².